The standard InChI is InChI=1S/C23H25N7O2S/c24-23-25-14-17(15-26-23)27-22-20-19(5-12-33-20)28-21(29-22)16-3-1-4-18(13-16)32-9-2-6-30-7-10-31-11-8-30/h1,3-5,12-15H,2,6-11H2,(H2,24,25,26)(H,27,28,29). The van der Waals surface area contributed by atoms with Crippen molar-refractivity contribution in [1.29, 1.82) is 0 Å². The van der Waals surface area contributed by atoms with Crippen LogP contribution in [0.4, 0.5) is 17.5 Å². The monoisotopic (exact) mass is 463 g/mol. The highest BCUT2D eigenvalue weighted by atomic mass is 32.1. The van der Waals surface area contributed by atoms with Gasteiger partial charge in [0.15, 0.2) is 11.6 Å². The summed E-state index contributed by atoms with van der Waals surface area (Å²) >= 11 is 1.58. The van der Waals surface area contributed by atoms with Crippen LogP contribution in [0.3, 0.4) is 0 Å². The summed E-state index contributed by atoms with van der Waals surface area (Å²) in [7, 11) is 0. The number of hydrogen-bond donors (Lipinski definition) is 2. The number of aromatic nitrogens is 4. The van der Waals surface area contributed by atoms with E-state index in [0.29, 0.717) is 23.9 Å². The molecule has 1 fully saturated rings. The third kappa shape index (κ3) is 5.36. The van der Waals surface area contributed by atoms with Crippen molar-refractivity contribution in [3.63, 3.8) is 0 Å². The van der Waals surface area contributed by atoms with Gasteiger partial charge in [-0.2, -0.15) is 0 Å². The van der Waals surface area contributed by atoms with Gasteiger partial charge in [0.2, 0.25) is 5.95 Å². The fraction of sp³-hybridized carbons (Fsp3) is 0.304. The number of nitrogens with zero attached hydrogens (tertiary/aromatic N) is 5. The van der Waals surface area contributed by atoms with Gasteiger partial charge in [-0.3, -0.25) is 4.90 Å². The van der Waals surface area contributed by atoms with Crippen LogP contribution in [0, 0.1) is 0 Å². The smallest absolute Gasteiger partial charge is 0.220 e. The summed E-state index contributed by atoms with van der Waals surface area (Å²) in [6, 6.07) is 9.89. The minimum Gasteiger partial charge on any atom is -0.494 e. The van der Waals surface area contributed by atoms with Crippen LogP contribution in [-0.2, 0) is 4.74 Å². The minimum absolute atomic E-state index is 0.229. The molecule has 0 saturated carbocycles. The van der Waals surface area contributed by atoms with E-state index in [-0.39, 0.29) is 5.95 Å². The lowest BCUT2D eigenvalue weighted by atomic mass is 10.2. The van der Waals surface area contributed by atoms with Crippen molar-refractivity contribution in [3.8, 4) is 17.1 Å². The zero-order valence-electron chi connectivity index (χ0n) is 18.1. The van der Waals surface area contributed by atoms with E-state index in [4.69, 9.17) is 25.2 Å². The summed E-state index contributed by atoms with van der Waals surface area (Å²) in [4.78, 5) is 20.0. The maximum atomic E-state index is 6.01. The van der Waals surface area contributed by atoms with Gasteiger partial charge in [0.25, 0.3) is 0 Å². The van der Waals surface area contributed by atoms with Gasteiger partial charge in [-0.15, -0.1) is 11.3 Å². The van der Waals surface area contributed by atoms with Crippen LogP contribution < -0.4 is 15.8 Å². The second kappa shape index (κ2) is 10.1. The number of anilines is 3. The van der Waals surface area contributed by atoms with Crippen molar-refractivity contribution in [2.75, 3.05) is 50.5 Å². The molecule has 4 aromatic rings. The fourth-order valence-electron chi connectivity index (χ4n) is 3.64. The average molecular weight is 464 g/mol. The number of hydrogen-bond acceptors (Lipinski definition) is 10. The molecule has 1 saturated heterocycles. The molecule has 1 aliphatic rings. The van der Waals surface area contributed by atoms with E-state index < -0.39 is 0 Å². The highest BCUT2D eigenvalue weighted by Crippen LogP contribution is 2.31. The number of thiophene rings is 1. The molecule has 3 aromatic heterocycles. The lowest BCUT2D eigenvalue weighted by molar-refractivity contribution is 0.0358. The molecule has 4 heterocycles. The third-order valence-electron chi connectivity index (χ3n) is 5.32. The highest BCUT2D eigenvalue weighted by molar-refractivity contribution is 7.17. The van der Waals surface area contributed by atoms with Crippen molar-refractivity contribution in [2.24, 2.45) is 0 Å². The van der Waals surface area contributed by atoms with Crippen molar-refractivity contribution >= 4 is 39.0 Å². The predicted molar refractivity (Wildman–Crippen MR) is 130 cm³/mol. The van der Waals surface area contributed by atoms with Crippen LogP contribution in [0.1, 0.15) is 6.42 Å². The molecule has 0 aliphatic carbocycles. The number of benzene rings is 1. The topological polar surface area (TPSA) is 111 Å². The maximum Gasteiger partial charge on any atom is 0.220 e. The zero-order valence-corrected chi connectivity index (χ0v) is 18.9. The summed E-state index contributed by atoms with van der Waals surface area (Å²) in [5, 5.41) is 5.29. The molecular formula is C23H25N7O2S. The highest BCUT2D eigenvalue weighted by Gasteiger charge is 2.13. The van der Waals surface area contributed by atoms with Gasteiger partial charge in [0, 0.05) is 25.2 Å². The Hall–Kier alpha value is -3.34. The van der Waals surface area contributed by atoms with E-state index in [2.05, 4.69) is 20.2 Å². The van der Waals surface area contributed by atoms with E-state index in [1.165, 1.54) is 0 Å². The molecule has 170 valence electrons. The lowest BCUT2D eigenvalue weighted by Crippen LogP contribution is -2.37. The molecule has 0 unspecified atom stereocenters. The number of fused-ring (bicyclic) bond motifs is 1. The molecule has 1 aromatic carbocycles. The second-order valence-electron chi connectivity index (χ2n) is 7.67. The van der Waals surface area contributed by atoms with Crippen molar-refractivity contribution in [3.05, 3.63) is 48.1 Å². The molecule has 33 heavy (non-hydrogen) atoms. The van der Waals surface area contributed by atoms with Crippen molar-refractivity contribution in [2.45, 2.75) is 6.42 Å². The summed E-state index contributed by atoms with van der Waals surface area (Å²) in [5.41, 5.74) is 8.08. The number of ether oxygens (including phenoxy) is 2. The molecule has 0 spiro atoms. The Morgan fingerprint density at radius 1 is 1.12 bits per heavy atom. The Labute approximate surface area is 195 Å². The first kappa shape index (κ1) is 21.5. The van der Waals surface area contributed by atoms with Gasteiger partial charge in [-0.1, -0.05) is 12.1 Å². The van der Waals surface area contributed by atoms with Crippen LogP contribution in [0.2, 0.25) is 0 Å². The van der Waals surface area contributed by atoms with Crippen LogP contribution in [-0.4, -0.2) is 64.3 Å². The van der Waals surface area contributed by atoms with Crippen LogP contribution in [0.25, 0.3) is 21.6 Å². The first-order valence-corrected chi connectivity index (χ1v) is 11.8. The summed E-state index contributed by atoms with van der Waals surface area (Å²) < 4.78 is 12.4. The summed E-state index contributed by atoms with van der Waals surface area (Å²) in [6.07, 6.45) is 4.24. The molecule has 9 nitrogen and oxygen atoms in total. The van der Waals surface area contributed by atoms with Gasteiger partial charge in [-0.05, 0) is 30.0 Å². The summed E-state index contributed by atoms with van der Waals surface area (Å²) in [6.45, 7) is 5.31. The predicted octanol–water partition coefficient (Wildman–Crippen LogP) is 3.58. The van der Waals surface area contributed by atoms with Crippen LogP contribution in [0.5, 0.6) is 5.75 Å². The molecule has 0 radical (unpaired) electrons. The number of morpholine rings is 1. The molecule has 10 heteroatoms. The normalized spacial score (nSPS) is 14.4. The van der Waals surface area contributed by atoms with E-state index in [9.17, 15) is 0 Å². The Morgan fingerprint density at radius 2 is 1.97 bits per heavy atom. The van der Waals surface area contributed by atoms with Gasteiger partial charge >= 0.3 is 0 Å². The Balaban J connectivity index is 1.30. The average Bonchev–Trinajstić information content (AvgIpc) is 3.33. The molecule has 5 rings (SSSR count). The molecular weight excluding hydrogens is 438 g/mol. The van der Waals surface area contributed by atoms with Crippen LogP contribution in [0.15, 0.2) is 48.1 Å². The molecule has 0 amide bonds. The lowest BCUT2D eigenvalue weighted by Gasteiger charge is -2.26. The van der Waals surface area contributed by atoms with E-state index in [1.807, 2.05) is 35.7 Å². The van der Waals surface area contributed by atoms with Gasteiger partial charge in [0.1, 0.15) is 5.75 Å². The van der Waals surface area contributed by atoms with Crippen LogP contribution >= 0.6 is 11.3 Å². The largest absolute Gasteiger partial charge is 0.494 e. The summed E-state index contributed by atoms with van der Waals surface area (Å²) in [5.74, 6) is 2.37. The zero-order chi connectivity index (χ0) is 22.5. The number of nitrogens with two attached hydrogens (primary N) is 1. The minimum atomic E-state index is 0.229. The van der Waals surface area contributed by atoms with E-state index in [0.717, 1.165) is 60.8 Å². The number of nitrogen functional groups attached to an aromatic ring is 1. The van der Waals surface area contributed by atoms with Crippen molar-refractivity contribution < 1.29 is 9.47 Å². The Morgan fingerprint density at radius 3 is 2.82 bits per heavy atom. The van der Waals surface area contributed by atoms with E-state index in [1.54, 1.807) is 23.7 Å². The van der Waals surface area contributed by atoms with Gasteiger partial charge in [0.05, 0.1) is 48.1 Å². The number of nitrogens with one attached hydrogen (secondary N) is 1. The first-order chi connectivity index (χ1) is 16.2. The maximum absolute atomic E-state index is 6.01. The SMILES string of the molecule is Nc1ncc(Nc2nc(-c3cccc(OCCCN4CCOCC4)c3)nc3ccsc23)cn1. The number of rotatable bonds is 8. The first-order valence-electron chi connectivity index (χ1n) is 10.9. The third-order valence-corrected chi connectivity index (χ3v) is 6.23. The molecule has 0 bridgehead atoms. The quantitative estimate of drug-likeness (QED) is 0.379. The fourth-order valence-corrected chi connectivity index (χ4v) is 4.42. The van der Waals surface area contributed by atoms with Gasteiger partial charge < -0.3 is 20.5 Å². The molecule has 1 aliphatic heterocycles. The van der Waals surface area contributed by atoms with E-state index >= 15 is 0 Å². The van der Waals surface area contributed by atoms with Crippen molar-refractivity contribution in [1.82, 2.24) is 24.8 Å². The van der Waals surface area contributed by atoms with Gasteiger partial charge in [-0.25, -0.2) is 19.9 Å². The molecule has 0 atom stereocenters. The Bertz CT molecular complexity index is 1210. The molecule has 3 N–H and O–H groups in total. The second-order valence-corrected chi connectivity index (χ2v) is 8.59. The Kier molecular flexibility index (Phi) is 6.56.